The van der Waals surface area contributed by atoms with E-state index in [0.29, 0.717) is 21.7 Å². The van der Waals surface area contributed by atoms with Gasteiger partial charge in [0.1, 0.15) is 23.2 Å². The molecule has 0 saturated carbocycles. The van der Waals surface area contributed by atoms with Gasteiger partial charge in [0.2, 0.25) is 5.71 Å². The predicted octanol–water partition coefficient (Wildman–Crippen LogP) is 2.89. The standard InChI is InChI=1S/C15H8ClN7/c16-10-1-4-13(5-2-10)23-21-14-6-3-11(7-15(14)22-23)19-20-12(8-17)9-18/h1-7,19H. The van der Waals surface area contributed by atoms with Gasteiger partial charge in [0.25, 0.3) is 0 Å². The molecule has 0 unspecified atom stereocenters. The van der Waals surface area contributed by atoms with E-state index in [2.05, 4.69) is 20.7 Å². The van der Waals surface area contributed by atoms with E-state index in [1.54, 1.807) is 42.5 Å². The number of hydrogen-bond donors (Lipinski definition) is 1. The first-order chi connectivity index (χ1) is 11.2. The molecule has 0 bridgehead atoms. The summed E-state index contributed by atoms with van der Waals surface area (Å²) in [6.45, 7) is 0. The number of aromatic nitrogens is 3. The second-order valence-corrected chi connectivity index (χ2v) is 4.90. The smallest absolute Gasteiger partial charge is 0.237 e. The van der Waals surface area contributed by atoms with Crippen LogP contribution < -0.4 is 5.43 Å². The summed E-state index contributed by atoms with van der Waals surface area (Å²) in [5, 5.41) is 30.4. The molecule has 0 aliphatic carbocycles. The van der Waals surface area contributed by atoms with Crippen LogP contribution in [0.3, 0.4) is 0 Å². The Labute approximate surface area is 136 Å². The van der Waals surface area contributed by atoms with Crippen LogP contribution in [0.15, 0.2) is 47.6 Å². The van der Waals surface area contributed by atoms with Gasteiger partial charge in [-0.15, -0.1) is 10.2 Å². The molecule has 0 atom stereocenters. The fraction of sp³-hybridized carbons (Fsp3) is 0. The SMILES string of the molecule is N#CC(C#N)=NNc1ccc2nn(-c3ccc(Cl)cc3)nc2c1. The molecule has 0 aliphatic rings. The molecule has 0 saturated heterocycles. The number of anilines is 1. The van der Waals surface area contributed by atoms with Crippen molar-refractivity contribution in [1.29, 1.82) is 10.5 Å². The fourth-order valence-electron chi connectivity index (χ4n) is 1.87. The van der Waals surface area contributed by atoms with E-state index in [1.807, 2.05) is 12.1 Å². The van der Waals surface area contributed by atoms with Crippen LogP contribution in [-0.4, -0.2) is 20.7 Å². The molecule has 0 radical (unpaired) electrons. The highest BCUT2D eigenvalue weighted by molar-refractivity contribution is 6.30. The molecule has 3 rings (SSSR count). The zero-order valence-electron chi connectivity index (χ0n) is 11.6. The first-order valence-corrected chi connectivity index (χ1v) is 6.84. The van der Waals surface area contributed by atoms with Crippen LogP contribution >= 0.6 is 11.6 Å². The van der Waals surface area contributed by atoms with E-state index < -0.39 is 0 Å². The highest BCUT2D eigenvalue weighted by Crippen LogP contribution is 2.18. The lowest BCUT2D eigenvalue weighted by molar-refractivity contribution is 0.766. The van der Waals surface area contributed by atoms with Crippen LogP contribution in [0.5, 0.6) is 0 Å². The molecule has 0 aliphatic heterocycles. The molecular formula is C15H8ClN7. The third-order valence-electron chi connectivity index (χ3n) is 2.95. The van der Waals surface area contributed by atoms with Crippen molar-refractivity contribution in [3.05, 3.63) is 47.5 Å². The average Bonchev–Trinajstić information content (AvgIpc) is 2.99. The summed E-state index contributed by atoms with van der Waals surface area (Å²) in [6, 6.07) is 15.7. The number of nitrogens with one attached hydrogen (secondary N) is 1. The van der Waals surface area contributed by atoms with Crippen molar-refractivity contribution in [2.75, 3.05) is 5.43 Å². The maximum Gasteiger partial charge on any atom is 0.237 e. The molecular weight excluding hydrogens is 314 g/mol. The first-order valence-electron chi connectivity index (χ1n) is 6.46. The molecule has 23 heavy (non-hydrogen) atoms. The van der Waals surface area contributed by atoms with E-state index in [4.69, 9.17) is 22.1 Å². The van der Waals surface area contributed by atoms with Gasteiger partial charge in [-0.3, -0.25) is 5.43 Å². The number of hydrazone groups is 1. The molecule has 110 valence electrons. The van der Waals surface area contributed by atoms with Gasteiger partial charge in [0.15, 0.2) is 0 Å². The van der Waals surface area contributed by atoms with Crippen molar-refractivity contribution in [2.24, 2.45) is 5.10 Å². The number of halogens is 1. The monoisotopic (exact) mass is 321 g/mol. The molecule has 2 aromatic carbocycles. The maximum atomic E-state index is 8.65. The van der Waals surface area contributed by atoms with Gasteiger partial charge in [-0.05, 0) is 42.5 Å². The van der Waals surface area contributed by atoms with Gasteiger partial charge in [-0.25, -0.2) is 0 Å². The van der Waals surface area contributed by atoms with Gasteiger partial charge in [0.05, 0.1) is 11.4 Å². The fourth-order valence-corrected chi connectivity index (χ4v) is 2.00. The van der Waals surface area contributed by atoms with E-state index in [1.165, 1.54) is 4.80 Å². The summed E-state index contributed by atoms with van der Waals surface area (Å²) in [4.78, 5) is 1.50. The van der Waals surface area contributed by atoms with Gasteiger partial charge in [0, 0.05) is 5.02 Å². The molecule has 1 heterocycles. The second kappa shape index (κ2) is 6.14. The molecule has 1 N–H and O–H groups in total. The Kier molecular flexibility index (Phi) is 3.88. The van der Waals surface area contributed by atoms with Crippen molar-refractivity contribution in [2.45, 2.75) is 0 Å². The Morgan fingerprint density at radius 3 is 2.43 bits per heavy atom. The summed E-state index contributed by atoms with van der Waals surface area (Å²) in [7, 11) is 0. The third-order valence-corrected chi connectivity index (χ3v) is 3.20. The Balaban J connectivity index is 1.92. The third kappa shape index (κ3) is 3.10. The lowest BCUT2D eigenvalue weighted by atomic mass is 10.3. The molecule has 0 fully saturated rings. The minimum atomic E-state index is -0.255. The highest BCUT2D eigenvalue weighted by atomic mass is 35.5. The maximum absolute atomic E-state index is 8.65. The van der Waals surface area contributed by atoms with Crippen molar-refractivity contribution in [1.82, 2.24) is 15.0 Å². The lowest BCUT2D eigenvalue weighted by Crippen LogP contribution is -1.97. The molecule has 0 amide bonds. The number of rotatable bonds is 3. The Hall–Kier alpha value is -3.42. The molecule has 3 aromatic rings. The number of benzene rings is 2. The van der Waals surface area contributed by atoms with Crippen molar-refractivity contribution in [3.63, 3.8) is 0 Å². The van der Waals surface area contributed by atoms with Crippen molar-refractivity contribution >= 4 is 34.0 Å². The topological polar surface area (TPSA) is 103 Å². The van der Waals surface area contributed by atoms with Crippen molar-refractivity contribution in [3.8, 4) is 17.8 Å². The highest BCUT2D eigenvalue weighted by Gasteiger charge is 2.06. The van der Waals surface area contributed by atoms with Crippen LogP contribution in [0.4, 0.5) is 5.69 Å². The number of hydrogen-bond acceptors (Lipinski definition) is 6. The number of fused-ring (bicyclic) bond motifs is 1. The Morgan fingerprint density at radius 2 is 1.74 bits per heavy atom. The van der Waals surface area contributed by atoms with Gasteiger partial charge in [-0.1, -0.05) is 11.6 Å². The van der Waals surface area contributed by atoms with Gasteiger partial charge < -0.3 is 0 Å². The quantitative estimate of drug-likeness (QED) is 0.590. The summed E-state index contributed by atoms with van der Waals surface area (Å²) in [6.07, 6.45) is 0. The molecule has 8 heteroatoms. The zero-order valence-corrected chi connectivity index (χ0v) is 12.4. The van der Waals surface area contributed by atoms with Crippen LogP contribution in [0, 0.1) is 22.7 Å². The predicted molar refractivity (Wildman–Crippen MR) is 86.2 cm³/mol. The van der Waals surface area contributed by atoms with Gasteiger partial charge >= 0.3 is 0 Å². The minimum absolute atomic E-state index is 0.255. The van der Waals surface area contributed by atoms with Crippen LogP contribution in [0.25, 0.3) is 16.7 Å². The Bertz CT molecular complexity index is 958. The zero-order chi connectivity index (χ0) is 16.2. The van der Waals surface area contributed by atoms with Gasteiger partial charge in [-0.2, -0.15) is 20.4 Å². The normalized spacial score (nSPS) is 9.87. The minimum Gasteiger partial charge on any atom is -0.276 e. The molecule has 7 nitrogen and oxygen atoms in total. The molecule has 0 spiro atoms. The van der Waals surface area contributed by atoms with Crippen LogP contribution in [-0.2, 0) is 0 Å². The number of nitriles is 2. The Morgan fingerprint density at radius 1 is 1.04 bits per heavy atom. The van der Waals surface area contributed by atoms with E-state index in [-0.39, 0.29) is 5.71 Å². The lowest BCUT2D eigenvalue weighted by Gasteiger charge is -1.98. The summed E-state index contributed by atoms with van der Waals surface area (Å²) < 4.78 is 0. The second-order valence-electron chi connectivity index (χ2n) is 4.47. The number of nitrogens with zero attached hydrogens (tertiary/aromatic N) is 6. The van der Waals surface area contributed by atoms with Crippen LogP contribution in [0.1, 0.15) is 0 Å². The summed E-state index contributed by atoms with van der Waals surface area (Å²) >= 11 is 5.87. The summed E-state index contributed by atoms with van der Waals surface area (Å²) in [5.74, 6) is 0. The first kappa shape index (κ1) is 14.5. The largest absolute Gasteiger partial charge is 0.276 e. The van der Waals surface area contributed by atoms with Crippen LogP contribution in [0.2, 0.25) is 5.02 Å². The van der Waals surface area contributed by atoms with Crippen molar-refractivity contribution < 1.29 is 0 Å². The van der Waals surface area contributed by atoms with E-state index >= 15 is 0 Å². The van der Waals surface area contributed by atoms with E-state index in [0.717, 1.165) is 5.69 Å². The summed E-state index contributed by atoms with van der Waals surface area (Å²) in [5.41, 5.74) is 5.13. The molecule has 1 aromatic heterocycles. The average molecular weight is 322 g/mol. The van der Waals surface area contributed by atoms with E-state index in [9.17, 15) is 0 Å².